The van der Waals surface area contributed by atoms with Crippen LogP contribution < -0.4 is 10.1 Å². The Morgan fingerprint density at radius 2 is 1.88 bits per heavy atom. The van der Waals surface area contributed by atoms with Crippen molar-refractivity contribution >= 4 is 12.1 Å². The fourth-order valence-electron chi connectivity index (χ4n) is 1.98. The molecule has 0 fully saturated rings. The van der Waals surface area contributed by atoms with Gasteiger partial charge in [-0.2, -0.15) is 0 Å². The van der Waals surface area contributed by atoms with Gasteiger partial charge in [-0.15, -0.1) is 6.42 Å². The topological polar surface area (TPSA) is 73.9 Å². The van der Waals surface area contributed by atoms with Gasteiger partial charge in [0.2, 0.25) is 0 Å². The average molecular weight is 347 g/mol. The lowest BCUT2D eigenvalue weighted by Gasteiger charge is -2.23. The van der Waals surface area contributed by atoms with Gasteiger partial charge in [0.05, 0.1) is 6.61 Å². The fourth-order valence-corrected chi connectivity index (χ4v) is 1.98. The van der Waals surface area contributed by atoms with Gasteiger partial charge in [0, 0.05) is 6.42 Å². The smallest absolute Gasteiger partial charge is 0.408 e. The lowest BCUT2D eigenvalue weighted by molar-refractivity contribution is -0.144. The van der Waals surface area contributed by atoms with Crippen molar-refractivity contribution in [1.29, 1.82) is 0 Å². The highest BCUT2D eigenvalue weighted by Gasteiger charge is 2.25. The Balaban J connectivity index is 2.81. The Bertz CT molecular complexity index is 610. The number of alkyl carbamates (subject to hydrolysis) is 1. The van der Waals surface area contributed by atoms with Crippen molar-refractivity contribution in [3.05, 3.63) is 29.8 Å². The average Bonchev–Trinajstić information content (AvgIpc) is 2.52. The van der Waals surface area contributed by atoms with E-state index in [4.69, 9.17) is 20.6 Å². The fraction of sp³-hybridized carbons (Fsp3) is 0.474. The van der Waals surface area contributed by atoms with Crippen LogP contribution in [-0.2, 0) is 20.7 Å². The molecule has 0 aliphatic heterocycles. The minimum atomic E-state index is -0.902. The molecule has 0 aromatic heterocycles. The van der Waals surface area contributed by atoms with E-state index >= 15 is 0 Å². The van der Waals surface area contributed by atoms with E-state index in [1.165, 1.54) is 0 Å². The van der Waals surface area contributed by atoms with Crippen molar-refractivity contribution in [2.24, 2.45) is 0 Å². The van der Waals surface area contributed by atoms with Gasteiger partial charge in [-0.25, -0.2) is 9.59 Å². The summed E-state index contributed by atoms with van der Waals surface area (Å²) in [5.74, 6) is 2.35. The van der Waals surface area contributed by atoms with Crippen LogP contribution in [0.2, 0.25) is 0 Å². The highest BCUT2D eigenvalue weighted by Crippen LogP contribution is 2.14. The molecule has 1 aromatic carbocycles. The van der Waals surface area contributed by atoms with Gasteiger partial charge >= 0.3 is 12.1 Å². The van der Waals surface area contributed by atoms with Gasteiger partial charge in [0.1, 0.15) is 17.4 Å². The highest BCUT2D eigenvalue weighted by molar-refractivity contribution is 5.81. The van der Waals surface area contributed by atoms with Gasteiger partial charge in [0.25, 0.3) is 0 Å². The van der Waals surface area contributed by atoms with Crippen LogP contribution in [0.25, 0.3) is 0 Å². The number of hydrogen-bond donors (Lipinski definition) is 1. The summed E-state index contributed by atoms with van der Waals surface area (Å²) < 4.78 is 15.5. The minimum absolute atomic E-state index is 0.158. The number of rotatable bonds is 7. The molecule has 1 atom stereocenters. The SMILES string of the molecule is C#CCOC(=O)C(Cc1ccc(OCC)cc1)NC(=O)OC(C)(C)C. The lowest BCUT2D eigenvalue weighted by Crippen LogP contribution is -2.45. The van der Waals surface area contributed by atoms with Crippen molar-refractivity contribution < 1.29 is 23.8 Å². The first-order chi connectivity index (χ1) is 11.7. The van der Waals surface area contributed by atoms with Crippen molar-refractivity contribution in [2.45, 2.75) is 45.8 Å². The molecule has 6 heteroatoms. The Morgan fingerprint density at radius 3 is 2.40 bits per heavy atom. The zero-order valence-corrected chi connectivity index (χ0v) is 15.1. The third-order valence-electron chi connectivity index (χ3n) is 2.95. The molecule has 1 amide bonds. The summed E-state index contributed by atoms with van der Waals surface area (Å²) in [5.41, 5.74) is 0.165. The number of ether oxygens (including phenoxy) is 3. The number of nitrogens with one attached hydrogen (secondary N) is 1. The van der Waals surface area contributed by atoms with E-state index in [2.05, 4.69) is 11.2 Å². The summed E-state index contributed by atoms with van der Waals surface area (Å²) in [5, 5.41) is 2.53. The Kier molecular flexibility index (Phi) is 7.80. The van der Waals surface area contributed by atoms with Crippen LogP contribution in [0.5, 0.6) is 5.75 Å². The third-order valence-corrected chi connectivity index (χ3v) is 2.95. The molecule has 6 nitrogen and oxygen atoms in total. The quantitative estimate of drug-likeness (QED) is 0.606. The molecular weight excluding hydrogens is 322 g/mol. The van der Waals surface area contributed by atoms with Crippen molar-refractivity contribution in [3.63, 3.8) is 0 Å². The summed E-state index contributed by atoms with van der Waals surface area (Å²) in [4.78, 5) is 24.1. The van der Waals surface area contributed by atoms with E-state index in [0.717, 1.165) is 11.3 Å². The molecule has 0 aliphatic carbocycles. The second-order valence-electron chi connectivity index (χ2n) is 6.29. The van der Waals surface area contributed by atoms with Crippen molar-refractivity contribution in [3.8, 4) is 18.1 Å². The number of terminal acetylenes is 1. The van der Waals surface area contributed by atoms with Gasteiger partial charge in [-0.05, 0) is 45.4 Å². The molecule has 0 spiro atoms. The molecule has 1 aromatic rings. The number of hydrogen-bond acceptors (Lipinski definition) is 5. The van der Waals surface area contributed by atoms with Crippen LogP contribution in [0.15, 0.2) is 24.3 Å². The molecule has 0 radical (unpaired) electrons. The zero-order chi connectivity index (χ0) is 18.9. The molecule has 0 saturated carbocycles. The number of esters is 1. The number of benzene rings is 1. The summed E-state index contributed by atoms with van der Waals surface area (Å²) in [7, 11) is 0. The minimum Gasteiger partial charge on any atom is -0.494 e. The van der Waals surface area contributed by atoms with E-state index in [1.807, 2.05) is 19.1 Å². The maximum absolute atomic E-state index is 12.2. The first-order valence-electron chi connectivity index (χ1n) is 8.06. The van der Waals surface area contributed by atoms with Crippen LogP contribution in [-0.4, -0.2) is 36.9 Å². The summed E-state index contributed by atoms with van der Waals surface area (Å²) in [6.45, 7) is 7.53. The molecule has 136 valence electrons. The van der Waals surface area contributed by atoms with E-state index in [-0.39, 0.29) is 13.0 Å². The molecule has 1 rings (SSSR count). The normalized spacial score (nSPS) is 11.8. The molecule has 0 aliphatic rings. The molecule has 0 saturated heterocycles. The van der Waals surface area contributed by atoms with Crippen LogP contribution in [0.3, 0.4) is 0 Å². The van der Waals surface area contributed by atoms with Gasteiger partial charge < -0.3 is 19.5 Å². The Hall–Kier alpha value is -2.68. The zero-order valence-electron chi connectivity index (χ0n) is 15.1. The number of carbonyl (C=O) groups excluding carboxylic acids is 2. The Labute approximate surface area is 148 Å². The summed E-state index contributed by atoms with van der Waals surface area (Å²) in [6, 6.07) is 6.35. The number of amides is 1. The van der Waals surface area contributed by atoms with Crippen molar-refractivity contribution in [2.75, 3.05) is 13.2 Å². The third kappa shape index (κ3) is 8.11. The maximum Gasteiger partial charge on any atom is 0.408 e. The molecule has 0 heterocycles. The summed E-state index contributed by atoms with van der Waals surface area (Å²) >= 11 is 0. The van der Waals surface area contributed by atoms with Crippen LogP contribution in [0.1, 0.15) is 33.3 Å². The van der Waals surface area contributed by atoms with Crippen LogP contribution in [0, 0.1) is 12.3 Å². The molecule has 1 N–H and O–H groups in total. The van der Waals surface area contributed by atoms with E-state index in [0.29, 0.717) is 6.61 Å². The first-order valence-corrected chi connectivity index (χ1v) is 8.06. The monoisotopic (exact) mass is 347 g/mol. The summed E-state index contributed by atoms with van der Waals surface area (Å²) in [6.07, 6.45) is 4.66. The second-order valence-corrected chi connectivity index (χ2v) is 6.29. The van der Waals surface area contributed by atoms with Crippen LogP contribution in [0.4, 0.5) is 4.79 Å². The number of carbonyl (C=O) groups is 2. The van der Waals surface area contributed by atoms with E-state index < -0.39 is 23.7 Å². The van der Waals surface area contributed by atoms with E-state index in [1.54, 1.807) is 32.9 Å². The first kappa shape index (κ1) is 20.4. The molecule has 1 unspecified atom stereocenters. The highest BCUT2D eigenvalue weighted by atomic mass is 16.6. The van der Waals surface area contributed by atoms with Gasteiger partial charge in [-0.3, -0.25) is 0 Å². The molecule has 0 bridgehead atoms. The predicted octanol–water partition coefficient (Wildman–Crippen LogP) is 2.70. The lowest BCUT2D eigenvalue weighted by atomic mass is 10.1. The van der Waals surface area contributed by atoms with Gasteiger partial charge in [0.15, 0.2) is 6.61 Å². The van der Waals surface area contributed by atoms with Crippen molar-refractivity contribution in [1.82, 2.24) is 5.32 Å². The largest absolute Gasteiger partial charge is 0.494 e. The molecule has 25 heavy (non-hydrogen) atoms. The molecular formula is C19H25NO5. The standard InChI is InChI=1S/C19H25NO5/c1-6-12-24-17(21)16(20-18(22)25-19(3,4)5)13-14-8-10-15(11-9-14)23-7-2/h1,8-11,16H,7,12-13H2,2-5H3,(H,20,22). The predicted molar refractivity (Wildman–Crippen MR) is 94.3 cm³/mol. The van der Waals surface area contributed by atoms with Crippen LogP contribution >= 0.6 is 0 Å². The maximum atomic E-state index is 12.2. The Morgan fingerprint density at radius 1 is 1.24 bits per heavy atom. The van der Waals surface area contributed by atoms with Gasteiger partial charge in [-0.1, -0.05) is 18.1 Å². The second kappa shape index (κ2) is 9.58. The van der Waals surface area contributed by atoms with E-state index in [9.17, 15) is 9.59 Å².